The summed E-state index contributed by atoms with van der Waals surface area (Å²) < 4.78 is 55.5. The van der Waals surface area contributed by atoms with Gasteiger partial charge in [-0.25, -0.2) is 16.8 Å². The Morgan fingerprint density at radius 3 is 2.23 bits per heavy atom. The van der Waals surface area contributed by atoms with Crippen LogP contribution in [-0.4, -0.2) is 42.7 Å². The molecule has 0 unspecified atom stereocenters. The van der Waals surface area contributed by atoms with E-state index in [9.17, 15) is 21.6 Å². The summed E-state index contributed by atoms with van der Waals surface area (Å²) in [6.07, 6.45) is 7.58. The molecule has 8 nitrogen and oxygen atoms in total. The van der Waals surface area contributed by atoms with Gasteiger partial charge in [0.15, 0.2) is 0 Å². The summed E-state index contributed by atoms with van der Waals surface area (Å²) in [6, 6.07) is 9.45. The van der Waals surface area contributed by atoms with E-state index in [0.29, 0.717) is 23.3 Å². The van der Waals surface area contributed by atoms with Gasteiger partial charge in [0, 0.05) is 39.6 Å². The lowest BCUT2D eigenvalue weighted by Crippen LogP contribution is -2.40. The molecule has 0 radical (unpaired) electrons. The second-order valence-corrected chi connectivity index (χ2v) is 14.4. The van der Waals surface area contributed by atoms with Crippen LogP contribution in [0.2, 0.25) is 0 Å². The van der Waals surface area contributed by atoms with Gasteiger partial charge >= 0.3 is 0 Å². The standard InChI is InChI=1S/C24H27ClN2O6S2/c1-33-20-6-3-16(13-21(20)35(25,31)32)22(28)27-15-24(11-9-23(7-8-23)10-12-24)18-14-17(4-5-19(18)27)26-34(2,29)30/h3-6,13-14,26H,7-12,15H2,1-2H3. The van der Waals surface area contributed by atoms with Gasteiger partial charge in [0.05, 0.1) is 13.4 Å². The second-order valence-electron chi connectivity index (χ2n) is 10.1. The summed E-state index contributed by atoms with van der Waals surface area (Å²) in [5, 5.41) is 0. The summed E-state index contributed by atoms with van der Waals surface area (Å²) in [7, 11) is -0.661. The van der Waals surface area contributed by atoms with Crippen molar-refractivity contribution in [3.63, 3.8) is 0 Å². The predicted molar refractivity (Wildman–Crippen MR) is 134 cm³/mol. The number of carbonyl (C=O) groups is 1. The molecule has 1 amide bonds. The summed E-state index contributed by atoms with van der Waals surface area (Å²) in [4.78, 5) is 15.1. The highest BCUT2D eigenvalue weighted by atomic mass is 35.7. The Balaban J connectivity index is 1.55. The van der Waals surface area contributed by atoms with Crippen LogP contribution in [0.5, 0.6) is 5.75 Å². The van der Waals surface area contributed by atoms with Crippen LogP contribution in [0.4, 0.5) is 11.4 Å². The van der Waals surface area contributed by atoms with E-state index in [-0.39, 0.29) is 27.5 Å². The Morgan fingerprint density at radius 1 is 1.00 bits per heavy atom. The average molecular weight is 539 g/mol. The van der Waals surface area contributed by atoms with Crippen molar-refractivity contribution in [2.24, 2.45) is 5.41 Å². The molecule has 3 aliphatic rings. The third-order valence-electron chi connectivity index (χ3n) is 7.77. The molecule has 2 saturated carbocycles. The number of nitrogens with one attached hydrogen (secondary N) is 1. The van der Waals surface area contributed by atoms with E-state index in [0.717, 1.165) is 37.5 Å². The van der Waals surface area contributed by atoms with Crippen LogP contribution in [0.25, 0.3) is 0 Å². The molecule has 0 bridgehead atoms. The monoisotopic (exact) mass is 538 g/mol. The first-order valence-corrected chi connectivity index (χ1v) is 15.6. The molecular weight excluding hydrogens is 512 g/mol. The van der Waals surface area contributed by atoms with Gasteiger partial charge in [-0.05, 0) is 85.9 Å². The Labute approximate surface area is 210 Å². The molecule has 11 heteroatoms. The first kappa shape index (κ1) is 24.4. The second kappa shape index (κ2) is 8.11. The molecule has 2 spiro atoms. The first-order chi connectivity index (χ1) is 16.3. The molecule has 1 N–H and O–H groups in total. The number of hydrogen-bond acceptors (Lipinski definition) is 6. The van der Waals surface area contributed by atoms with Crippen molar-refractivity contribution in [1.29, 1.82) is 0 Å². The Bertz CT molecular complexity index is 1420. The minimum absolute atomic E-state index is 0.0633. The lowest BCUT2D eigenvalue weighted by Gasteiger charge is -2.38. The van der Waals surface area contributed by atoms with Crippen LogP contribution >= 0.6 is 10.7 Å². The first-order valence-electron chi connectivity index (χ1n) is 11.4. The third kappa shape index (κ3) is 4.51. The molecule has 188 valence electrons. The van der Waals surface area contributed by atoms with E-state index in [4.69, 9.17) is 15.4 Å². The number of benzene rings is 2. The maximum atomic E-state index is 13.7. The van der Waals surface area contributed by atoms with Gasteiger partial charge in [-0.1, -0.05) is 0 Å². The van der Waals surface area contributed by atoms with E-state index >= 15 is 0 Å². The number of fused-ring (bicyclic) bond motifs is 2. The highest BCUT2D eigenvalue weighted by Crippen LogP contribution is 2.62. The van der Waals surface area contributed by atoms with Crippen molar-refractivity contribution < 1.29 is 26.4 Å². The summed E-state index contributed by atoms with van der Waals surface area (Å²) in [5.74, 6) is -0.281. The van der Waals surface area contributed by atoms with Gasteiger partial charge in [-0.3, -0.25) is 9.52 Å². The number of rotatable bonds is 5. The fourth-order valence-electron chi connectivity index (χ4n) is 5.65. The summed E-state index contributed by atoms with van der Waals surface area (Å²) in [6.45, 7) is 0.453. The molecule has 2 fully saturated rings. The molecule has 1 aliphatic heterocycles. The number of methoxy groups -OCH3 is 1. The van der Waals surface area contributed by atoms with E-state index in [1.54, 1.807) is 17.0 Å². The average Bonchev–Trinajstić information content (AvgIpc) is 3.49. The number of nitrogens with zero attached hydrogens (tertiary/aromatic N) is 1. The summed E-state index contributed by atoms with van der Waals surface area (Å²) in [5.41, 5.74) is 2.47. The van der Waals surface area contributed by atoms with Gasteiger partial charge in [-0.2, -0.15) is 0 Å². The van der Waals surface area contributed by atoms with Gasteiger partial charge in [0.2, 0.25) is 10.0 Å². The largest absolute Gasteiger partial charge is 0.495 e. The number of anilines is 2. The molecule has 1 heterocycles. The molecule has 0 atom stereocenters. The smallest absolute Gasteiger partial charge is 0.265 e. The van der Waals surface area contributed by atoms with Crippen molar-refractivity contribution in [2.45, 2.75) is 48.8 Å². The van der Waals surface area contributed by atoms with Gasteiger partial charge in [0.1, 0.15) is 10.6 Å². The molecule has 35 heavy (non-hydrogen) atoms. The normalized spacial score (nSPS) is 20.0. The number of sulfonamides is 1. The number of carbonyl (C=O) groups excluding carboxylic acids is 1. The quantitative estimate of drug-likeness (QED) is 0.570. The molecule has 0 aromatic heterocycles. The van der Waals surface area contributed by atoms with Crippen molar-refractivity contribution >= 4 is 47.0 Å². The maximum absolute atomic E-state index is 13.7. The molecular formula is C24H27ClN2O6S2. The molecule has 2 aromatic carbocycles. The van der Waals surface area contributed by atoms with Crippen LogP contribution in [0, 0.1) is 5.41 Å². The number of amides is 1. The van der Waals surface area contributed by atoms with E-state index < -0.39 is 19.1 Å². The fraction of sp³-hybridized carbons (Fsp3) is 0.458. The van der Waals surface area contributed by atoms with Crippen LogP contribution in [0.15, 0.2) is 41.3 Å². The van der Waals surface area contributed by atoms with Crippen LogP contribution in [-0.2, 0) is 24.5 Å². The van der Waals surface area contributed by atoms with E-state index in [1.165, 1.54) is 38.2 Å². The predicted octanol–water partition coefficient (Wildman–Crippen LogP) is 4.25. The van der Waals surface area contributed by atoms with Crippen LogP contribution in [0.3, 0.4) is 0 Å². The molecule has 5 rings (SSSR count). The Kier molecular flexibility index (Phi) is 5.65. The van der Waals surface area contributed by atoms with Crippen LogP contribution in [0.1, 0.15) is 54.4 Å². The van der Waals surface area contributed by atoms with Crippen molar-refractivity contribution in [3.8, 4) is 5.75 Å². The van der Waals surface area contributed by atoms with Crippen molar-refractivity contribution in [3.05, 3.63) is 47.5 Å². The summed E-state index contributed by atoms with van der Waals surface area (Å²) >= 11 is 0. The SMILES string of the molecule is COc1ccc(C(=O)N2CC3(CCC4(CC4)CC3)c3cc(NS(C)(=O)=O)ccc32)cc1S(=O)(=O)Cl. The fourth-order valence-corrected chi connectivity index (χ4v) is 7.22. The maximum Gasteiger partial charge on any atom is 0.265 e. The topological polar surface area (TPSA) is 110 Å². The van der Waals surface area contributed by atoms with Gasteiger partial charge in [-0.15, -0.1) is 0 Å². The Morgan fingerprint density at radius 2 is 1.66 bits per heavy atom. The zero-order valence-corrected chi connectivity index (χ0v) is 21.9. The zero-order valence-electron chi connectivity index (χ0n) is 19.5. The van der Waals surface area contributed by atoms with Gasteiger partial charge < -0.3 is 9.64 Å². The molecule has 0 saturated heterocycles. The molecule has 2 aliphatic carbocycles. The number of ether oxygens (including phenoxy) is 1. The zero-order chi connectivity index (χ0) is 25.2. The van der Waals surface area contributed by atoms with E-state index in [1.807, 2.05) is 6.07 Å². The lowest BCUT2D eigenvalue weighted by atomic mass is 9.66. The van der Waals surface area contributed by atoms with Crippen molar-refractivity contribution in [1.82, 2.24) is 0 Å². The van der Waals surface area contributed by atoms with Crippen molar-refractivity contribution in [2.75, 3.05) is 29.5 Å². The van der Waals surface area contributed by atoms with E-state index in [2.05, 4.69) is 4.72 Å². The highest BCUT2D eigenvalue weighted by molar-refractivity contribution is 8.13. The highest BCUT2D eigenvalue weighted by Gasteiger charge is 2.53. The van der Waals surface area contributed by atoms with Gasteiger partial charge in [0.25, 0.3) is 15.0 Å². The Hall–Kier alpha value is -2.30. The van der Waals surface area contributed by atoms with Crippen LogP contribution < -0.4 is 14.4 Å². The minimum atomic E-state index is -4.13. The molecule has 2 aromatic rings. The third-order valence-corrected chi connectivity index (χ3v) is 9.72. The number of hydrogen-bond donors (Lipinski definition) is 1. The number of halogens is 1. The lowest BCUT2D eigenvalue weighted by molar-refractivity contribution is 0.0980. The minimum Gasteiger partial charge on any atom is -0.495 e.